The Labute approximate surface area is 154 Å². The lowest BCUT2D eigenvalue weighted by molar-refractivity contribution is 0.418. The number of halogens is 1. The topological polar surface area (TPSA) is 53.5 Å². The van der Waals surface area contributed by atoms with E-state index in [1.165, 1.54) is 20.7 Å². The Morgan fingerprint density at radius 1 is 1.23 bits per heavy atom. The Morgan fingerprint density at radius 3 is 2.69 bits per heavy atom. The highest BCUT2D eigenvalue weighted by Crippen LogP contribution is 2.29. The highest BCUT2D eigenvalue weighted by Gasteiger charge is 2.34. The molecule has 1 aliphatic heterocycles. The molecule has 0 saturated carbocycles. The summed E-state index contributed by atoms with van der Waals surface area (Å²) in [6, 6.07) is 10.6. The maximum atomic E-state index is 13.4. The third-order valence-corrected chi connectivity index (χ3v) is 6.59. The SMILES string of the molecule is Cc1cc(Cc2cccc(F)c2)cc([C@H]2CCN(S(=O)(=O)N(C)C)C2)n1. The van der Waals surface area contributed by atoms with Gasteiger partial charge in [0.05, 0.1) is 0 Å². The van der Waals surface area contributed by atoms with Gasteiger partial charge in [0.1, 0.15) is 5.82 Å². The van der Waals surface area contributed by atoms with Crippen molar-refractivity contribution in [2.24, 2.45) is 0 Å². The molecule has 1 saturated heterocycles. The van der Waals surface area contributed by atoms with Crippen LogP contribution in [0.2, 0.25) is 0 Å². The molecule has 7 heteroatoms. The van der Waals surface area contributed by atoms with Gasteiger partial charge in [0.25, 0.3) is 10.2 Å². The van der Waals surface area contributed by atoms with Crippen molar-refractivity contribution in [1.82, 2.24) is 13.6 Å². The van der Waals surface area contributed by atoms with E-state index >= 15 is 0 Å². The van der Waals surface area contributed by atoms with Crippen LogP contribution in [0.1, 0.15) is 34.9 Å². The van der Waals surface area contributed by atoms with Crippen LogP contribution in [0.15, 0.2) is 36.4 Å². The molecule has 1 aromatic carbocycles. The van der Waals surface area contributed by atoms with E-state index in [4.69, 9.17) is 0 Å². The second-order valence-electron chi connectivity index (χ2n) is 6.98. The van der Waals surface area contributed by atoms with Crippen LogP contribution in [0.25, 0.3) is 0 Å². The van der Waals surface area contributed by atoms with E-state index in [-0.39, 0.29) is 11.7 Å². The van der Waals surface area contributed by atoms with Gasteiger partial charge in [-0.1, -0.05) is 12.1 Å². The molecule has 0 radical (unpaired) electrons. The monoisotopic (exact) mass is 377 g/mol. The summed E-state index contributed by atoms with van der Waals surface area (Å²) in [5, 5.41) is 0. The standard InChI is InChI=1S/C19H24FN3O2S/c1-14-9-16(10-15-5-4-6-18(20)11-15)12-19(21-14)17-7-8-23(13-17)26(24,25)22(2)3/h4-6,9,11-12,17H,7-8,10,13H2,1-3H3/t17-/m0/s1. The van der Waals surface area contributed by atoms with Crippen LogP contribution in [0.5, 0.6) is 0 Å². The van der Waals surface area contributed by atoms with Crippen molar-refractivity contribution < 1.29 is 12.8 Å². The molecule has 1 aromatic heterocycles. The second kappa shape index (κ2) is 7.42. The fourth-order valence-corrected chi connectivity index (χ4v) is 4.54. The van der Waals surface area contributed by atoms with Crippen molar-refractivity contribution >= 4 is 10.2 Å². The van der Waals surface area contributed by atoms with Crippen molar-refractivity contribution in [3.63, 3.8) is 0 Å². The molecular formula is C19H24FN3O2S. The number of aryl methyl sites for hydroxylation is 1. The number of pyridine rings is 1. The average Bonchev–Trinajstić information content (AvgIpc) is 3.05. The molecule has 0 bridgehead atoms. The van der Waals surface area contributed by atoms with Crippen LogP contribution in [-0.2, 0) is 16.6 Å². The lowest BCUT2D eigenvalue weighted by Gasteiger charge is -2.21. The van der Waals surface area contributed by atoms with Crippen molar-refractivity contribution in [2.75, 3.05) is 27.2 Å². The van der Waals surface area contributed by atoms with Crippen LogP contribution in [-0.4, -0.2) is 49.2 Å². The van der Waals surface area contributed by atoms with E-state index in [1.54, 1.807) is 20.2 Å². The largest absolute Gasteiger partial charge is 0.281 e. The van der Waals surface area contributed by atoms with E-state index in [9.17, 15) is 12.8 Å². The average molecular weight is 377 g/mol. The molecule has 0 unspecified atom stereocenters. The minimum absolute atomic E-state index is 0.0795. The maximum Gasteiger partial charge on any atom is 0.281 e. The lowest BCUT2D eigenvalue weighted by atomic mass is 9.98. The van der Waals surface area contributed by atoms with Crippen molar-refractivity contribution in [3.8, 4) is 0 Å². The highest BCUT2D eigenvalue weighted by molar-refractivity contribution is 7.86. The quantitative estimate of drug-likeness (QED) is 0.805. The Balaban J connectivity index is 1.80. The number of rotatable bonds is 5. The number of benzene rings is 1. The van der Waals surface area contributed by atoms with Crippen LogP contribution in [0, 0.1) is 12.7 Å². The van der Waals surface area contributed by atoms with Crippen LogP contribution < -0.4 is 0 Å². The highest BCUT2D eigenvalue weighted by atomic mass is 32.2. The first-order valence-electron chi connectivity index (χ1n) is 8.65. The summed E-state index contributed by atoms with van der Waals surface area (Å²) in [5.74, 6) is -0.162. The Hall–Kier alpha value is -1.83. The van der Waals surface area contributed by atoms with Crippen molar-refractivity contribution in [3.05, 3.63) is 64.7 Å². The smallest absolute Gasteiger partial charge is 0.258 e. The van der Waals surface area contributed by atoms with Gasteiger partial charge in [-0.05, 0) is 55.2 Å². The molecule has 2 aromatic rings. The summed E-state index contributed by atoms with van der Waals surface area (Å²) in [6.07, 6.45) is 1.38. The molecule has 1 atom stereocenters. The minimum Gasteiger partial charge on any atom is -0.258 e. The van der Waals surface area contributed by atoms with Gasteiger partial charge in [-0.15, -0.1) is 0 Å². The fourth-order valence-electron chi connectivity index (χ4n) is 3.37. The molecule has 26 heavy (non-hydrogen) atoms. The second-order valence-corrected chi connectivity index (χ2v) is 9.12. The molecule has 0 spiro atoms. The van der Waals surface area contributed by atoms with Gasteiger partial charge in [0.15, 0.2) is 0 Å². The predicted molar refractivity (Wildman–Crippen MR) is 99.7 cm³/mol. The molecule has 5 nitrogen and oxygen atoms in total. The van der Waals surface area contributed by atoms with E-state index in [0.29, 0.717) is 19.5 Å². The van der Waals surface area contributed by atoms with E-state index < -0.39 is 10.2 Å². The van der Waals surface area contributed by atoms with E-state index in [1.807, 2.05) is 25.1 Å². The van der Waals surface area contributed by atoms with Crippen molar-refractivity contribution in [1.29, 1.82) is 0 Å². The van der Waals surface area contributed by atoms with Gasteiger partial charge in [0.2, 0.25) is 0 Å². The minimum atomic E-state index is -3.39. The zero-order valence-electron chi connectivity index (χ0n) is 15.3. The number of hydrogen-bond acceptors (Lipinski definition) is 3. The number of aromatic nitrogens is 1. The summed E-state index contributed by atoms with van der Waals surface area (Å²) < 4.78 is 40.8. The predicted octanol–water partition coefficient (Wildman–Crippen LogP) is 2.72. The Morgan fingerprint density at radius 2 is 2.00 bits per heavy atom. The van der Waals surface area contributed by atoms with Gasteiger partial charge in [-0.2, -0.15) is 17.0 Å². The Kier molecular flexibility index (Phi) is 5.41. The van der Waals surface area contributed by atoms with Crippen molar-refractivity contribution in [2.45, 2.75) is 25.7 Å². The van der Waals surface area contributed by atoms with Crippen LogP contribution >= 0.6 is 0 Å². The normalized spacial score (nSPS) is 18.6. The van der Waals surface area contributed by atoms with Gasteiger partial charge < -0.3 is 0 Å². The molecule has 0 N–H and O–H groups in total. The Bertz CT molecular complexity index is 899. The molecular weight excluding hydrogens is 353 g/mol. The van der Waals surface area contributed by atoms with Gasteiger partial charge >= 0.3 is 0 Å². The molecule has 3 rings (SSSR count). The third-order valence-electron chi connectivity index (χ3n) is 4.69. The molecule has 1 fully saturated rings. The first-order valence-corrected chi connectivity index (χ1v) is 10.0. The lowest BCUT2D eigenvalue weighted by Crippen LogP contribution is -2.38. The van der Waals surface area contributed by atoms with E-state index in [2.05, 4.69) is 4.98 Å². The van der Waals surface area contributed by atoms with Crippen LogP contribution in [0.3, 0.4) is 0 Å². The van der Waals surface area contributed by atoms with Crippen LogP contribution in [0.4, 0.5) is 4.39 Å². The first kappa shape index (κ1) is 18.9. The molecule has 0 aliphatic carbocycles. The third kappa shape index (κ3) is 4.11. The van der Waals surface area contributed by atoms with Gasteiger partial charge in [0, 0.05) is 44.5 Å². The molecule has 1 aliphatic rings. The first-order chi connectivity index (χ1) is 12.3. The summed E-state index contributed by atoms with van der Waals surface area (Å²) >= 11 is 0. The van der Waals surface area contributed by atoms with Gasteiger partial charge in [-0.25, -0.2) is 4.39 Å². The number of hydrogen-bond donors (Lipinski definition) is 0. The molecule has 140 valence electrons. The zero-order valence-corrected chi connectivity index (χ0v) is 16.1. The van der Waals surface area contributed by atoms with Gasteiger partial charge in [-0.3, -0.25) is 4.98 Å². The summed E-state index contributed by atoms with van der Waals surface area (Å²) in [5.41, 5.74) is 3.77. The fraction of sp³-hybridized carbons (Fsp3) is 0.421. The molecule has 0 amide bonds. The number of nitrogens with zero attached hydrogens (tertiary/aromatic N) is 3. The zero-order chi connectivity index (χ0) is 18.9. The summed E-state index contributed by atoms with van der Waals surface area (Å²) in [6.45, 7) is 2.87. The maximum absolute atomic E-state index is 13.4. The van der Waals surface area contributed by atoms with E-state index in [0.717, 1.165) is 28.9 Å². The summed E-state index contributed by atoms with van der Waals surface area (Å²) in [4.78, 5) is 4.63. The summed E-state index contributed by atoms with van der Waals surface area (Å²) in [7, 11) is -0.301. The molecule has 2 heterocycles.